The summed E-state index contributed by atoms with van der Waals surface area (Å²) in [5.74, 6) is 0.121. The molecule has 0 aromatic carbocycles. The Balaban J connectivity index is 2.12. The molecule has 0 radical (unpaired) electrons. The highest BCUT2D eigenvalue weighted by Crippen LogP contribution is 2.25. The lowest BCUT2D eigenvalue weighted by molar-refractivity contribution is -0.129. The molecule has 4 heteroatoms. The summed E-state index contributed by atoms with van der Waals surface area (Å²) in [4.78, 5) is 13.5. The van der Waals surface area contributed by atoms with Gasteiger partial charge < -0.3 is 15.3 Å². The summed E-state index contributed by atoms with van der Waals surface area (Å²) in [6.07, 6.45) is 2.63. The van der Waals surface area contributed by atoms with E-state index < -0.39 is 0 Å². The zero-order valence-electron chi connectivity index (χ0n) is 11.5. The van der Waals surface area contributed by atoms with Crippen molar-refractivity contribution in [2.24, 2.45) is 5.41 Å². The van der Waals surface area contributed by atoms with Gasteiger partial charge in [-0.05, 0) is 24.7 Å². The van der Waals surface area contributed by atoms with Gasteiger partial charge in [0.25, 0.3) is 0 Å². The summed E-state index contributed by atoms with van der Waals surface area (Å²) in [6, 6.07) is 0.462. The molecular weight excluding hydrogens is 216 g/mol. The molecule has 0 heterocycles. The lowest BCUT2D eigenvalue weighted by Gasteiger charge is -2.23. The van der Waals surface area contributed by atoms with Gasteiger partial charge in [-0.25, -0.2) is 0 Å². The molecule has 0 saturated heterocycles. The number of hydrogen-bond acceptors (Lipinski definition) is 3. The van der Waals surface area contributed by atoms with Gasteiger partial charge in [-0.15, -0.1) is 0 Å². The largest absolute Gasteiger partial charge is 0.392 e. The molecule has 0 aromatic rings. The highest BCUT2D eigenvalue weighted by Gasteiger charge is 2.29. The van der Waals surface area contributed by atoms with E-state index in [-0.39, 0.29) is 17.4 Å². The smallest absolute Gasteiger partial charge is 0.236 e. The van der Waals surface area contributed by atoms with Crippen molar-refractivity contribution < 1.29 is 9.90 Å². The molecule has 2 N–H and O–H groups in total. The van der Waals surface area contributed by atoms with Crippen LogP contribution in [0.1, 0.15) is 40.0 Å². The van der Waals surface area contributed by atoms with Crippen molar-refractivity contribution in [1.82, 2.24) is 10.2 Å². The monoisotopic (exact) mass is 242 g/mol. The summed E-state index contributed by atoms with van der Waals surface area (Å²) in [7, 11) is 1.85. The van der Waals surface area contributed by atoms with Gasteiger partial charge >= 0.3 is 0 Å². The fraction of sp³-hybridized carbons (Fsp3) is 0.923. The number of nitrogens with one attached hydrogen (secondary N) is 1. The van der Waals surface area contributed by atoms with Crippen LogP contribution in [0.2, 0.25) is 0 Å². The van der Waals surface area contributed by atoms with Crippen molar-refractivity contribution in [1.29, 1.82) is 0 Å². The molecule has 0 bridgehead atoms. The molecule has 1 unspecified atom stereocenters. The highest BCUT2D eigenvalue weighted by molar-refractivity contribution is 5.78. The van der Waals surface area contributed by atoms with E-state index in [0.29, 0.717) is 19.1 Å². The normalized spacial score (nSPS) is 17.9. The van der Waals surface area contributed by atoms with Crippen LogP contribution in [0.15, 0.2) is 0 Å². The molecule has 0 aliphatic heterocycles. The minimum Gasteiger partial charge on any atom is -0.392 e. The van der Waals surface area contributed by atoms with Gasteiger partial charge in [0.15, 0.2) is 0 Å². The average molecular weight is 242 g/mol. The Labute approximate surface area is 104 Å². The maximum atomic E-state index is 11.7. The van der Waals surface area contributed by atoms with Crippen LogP contribution in [0.5, 0.6) is 0 Å². The number of likely N-dealkylation sites (N-methyl/N-ethyl adjacent to an activating group) is 1. The van der Waals surface area contributed by atoms with Crippen LogP contribution in [-0.4, -0.2) is 48.2 Å². The second-order valence-electron chi connectivity index (χ2n) is 6.29. The van der Waals surface area contributed by atoms with Gasteiger partial charge in [-0.3, -0.25) is 4.79 Å². The predicted octanol–water partition coefficient (Wildman–Crippen LogP) is 0.994. The average Bonchev–Trinajstić information content (AvgIpc) is 2.96. The van der Waals surface area contributed by atoms with E-state index in [4.69, 9.17) is 0 Å². The van der Waals surface area contributed by atoms with Crippen molar-refractivity contribution in [2.75, 3.05) is 20.1 Å². The summed E-state index contributed by atoms with van der Waals surface area (Å²) < 4.78 is 0. The molecule has 0 aromatic heterocycles. The fourth-order valence-electron chi connectivity index (χ4n) is 1.91. The van der Waals surface area contributed by atoms with Gasteiger partial charge in [0.1, 0.15) is 0 Å². The number of aliphatic hydroxyl groups excluding tert-OH is 1. The number of nitrogens with zero attached hydrogens (tertiary/aromatic N) is 1. The van der Waals surface area contributed by atoms with Gasteiger partial charge in [0.05, 0.1) is 12.6 Å². The van der Waals surface area contributed by atoms with E-state index >= 15 is 0 Å². The van der Waals surface area contributed by atoms with Gasteiger partial charge in [-0.1, -0.05) is 20.8 Å². The van der Waals surface area contributed by atoms with Crippen LogP contribution >= 0.6 is 0 Å². The first-order chi connectivity index (χ1) is 7.79. The van der Waals surface area contributed by atoms with Crippen LogP contribution in [0.25, 0.3) is 0 Å². The van der Waals surface area contributed by atoms with Crippen LogP contribution in [0.3, 0.4) is 0 Å². The molecule has 1 aliphatic carbocycles. The van der Waals surface area contributed by atoms with Gasteiger partial charge in [0, 0.05) is 19.6 Å². The Morgan fingerprint density at radius 2 is 2.06 bits per heavy atom. The number of amides is 1. The molecule has 1 aliphatic rings. The van der Waals surface area contributed by atoms with Crippen LogP contribution < -0.4 is 5.32 Å². The lowest BCUT2D eigenvalue weighted by Crippen LogP contribution is -2.39. The molecule has 1 rings (SSSR count). The third-order valence-corrected chi connectivity index (χ3v) is 2.99. The molecular formula is C13H26N2O2. The second kappa shape index (κ2) is 5.83. The van der Waals surface area contributed by atoms with Crippen molar-refractivity contribution in [2.45, 2.75) is 52.2 Å². The van der Waals surface area contributed by atoms with E-state index in [1.807, 2.05) is 11.9 Å². The maximum absolute atomic E-state index is 11.7. The minimum atomic E-state index is -0.381. The fourth-order valence-corrected chi connectivity index (χ4v) is 1.91. The first-order valence-corrected chi connectivity index (χ1v) is 6.44. The Hall–Kier alpha value is -0.610. The molecule has 1 amide bonds. The zero-order chi connectivity index (χ0) is 13.1. The first-order valence-electron chi connectivity index (χ1n) is 6.44. The lowest BCUT2D eigenvalue weighted by atomic mass is 9.89. The standard InChI is InChI=1S/C13H26N2O2/c1-13(2,3)7-11(16)8-14-9-12(17)15(4)10-5-6-10/h10-11,14,16H,5-9H2,1-4H3. The van der Waals surface area contributed by atoms with E-state index in [2.05, 4.69) is 26.1 Å². The molecule has 0 spiro atoms. The third-order valence-electron chi connectivity index (χ3n) is 2.99. The molecule has 1 atom stereocenters. The van der Waals surface area contributed by atoms with Crippen molar-refractivity contribution in [3.63, 3.8) is 0 Å². The number of carbonyl (C=O) groups excluding carboxylic acids is 1. The molecule has 1 saturated carbocycles. The van der Waals surface area contributed by atoms with E-state index in [1.54, 1.807) is 0 Å². The Bertz CT molecular complexity index is 257. The molecule has 17 heavy (non-hydrogen) atoms. The molecule has 100 valence electrons. The summed E-state index contributed by atoms with van der Waals surface area (Å²) >= 11 is 0. The van der Waals surface area contributed by atoms with E-state index in [1.165, 1.54) is 0 Å². The summed E-state index contributed by atoms with van der Waals surface area (Å²) in [5, 5.41) is 12.8. The Morgan fingerprint density at radius 1 is 1.47 bits per heavy atom. The third kappa shape index (κ3) is 6.03. The van der Waals surface area contributed by atoms with E-state index in [0.717, 1.165) is 19.3 Å². The van der Waals surface area contributed by atoms with Crippen LogP contribution in [0.4, 0.5) is 0 Å². The SMILES string of the molecule is CN(C(=O)CNCC(O)CC(C)(C)C)C1CC1. The minimum absolute atomic E-state index is 0.121. The van der Waals surface area contributed by atoms with Crippen molar-refractivity contribution >= 4 is 5.91 Å². The Kier molecular flexibility index (Phi) is 4.95. The number of hydrogen-bond donors (Lipinski definition) is 2. The molecule has 1 fully saturated rings. The number of aliphatic hydroxyl groups is 1. The quantitative estimate of drug-likeness (QED) is 0.730. The van der Waals surface area contributed by atoms with Gasteiger partial charge in [0.2, 0.25) is 5.91 Å². The Morgan fingerprint density at radius 3 is 2.53 bits per heavy atom. The van der Waals surface area contributed by atoms with Crippen molar-refractivity contribution in [3.8, 4) is 0 Å². The topological polar surface area (TPSA) is 52.6 Å². The van der Waals surface area contributed by atoms with Crippen LogP contribution in [-0.2, 0) is 4.79 Å². The maximum Gasteiger partial charge on any atom is 0.236 e. The first kappa shape index (κ1) is 14.5. The van der Waals surface area contributed by atoms with Crippen molar-refractivity contribution in [3.05, 3.63) is 0 Å². The predicted molar refractivity (Wildman–Crippen MR) is 68.7 cm³/mol. The summed E-state index contributed by atoms with van der Waals surface area (Å²) in [5.41, 5.74) is 0.121. The van der Waals surface area contributed by atoms with E-state index in [9.17, 15) is 9.90 Å². The summed E-state index contributed by atoms with van der Waals surface area (Å²) in [6.45, 7) is 7.11. The molecule has 4 nitrogen and oxygen atoms in total. The number of rotatable bonds is 6. The van der Waals surface area contributed by atoms with Crippen LogP contribution in [0, 0.1) is 5.41 Å². The number of carbonyl (C=O) groups is 1. The van der Waals surface area contributed by atoms with Gasteiger partial charge in [-0.2, -0.15) is 0 Å². The second-order valence-corrected chi connectivity index (χ2v) is 6.29. The zero-order valence-corrected chi connectivity index (χ0v) is 11.5. The highest BCUT2D eigenvalue weighted by atomic mass is 16.3.